The molecule has 0 saturated heterocycles. The highest BCUT2D eigenvalue weighted by molar-refractivity contribution is 5.99. The summed E-state index contributed by atoms with van der Waals surface area (Å²) >= 11 is 0. The number of hydrogen-bond donors (Lipinski definition) is 1. The highest BCUT2D eigenvalue weighted by Crippen LogP contribution is 2.35. The number of halogens is 5. The number of benzene rings is 1. The number of ketones is 1. The second-order valence-electron chi connectivity index (χ2n) is 4.31. The monoisotopic (exact) mass is 298 g/mol. The average Bonchev–Trinajstić information content (AvgIpc) is 2.30. The lowest BCUT2D eigenvalue weighted by molar-refractivity contribution is -0.250. The van der Waals surface area contributed by atoms with Gasteiger partial charge in [-0.15, -0.1) is 0 Å². The predicted octanol–water partition coefficient (Wildman–Crippen LogP) is 2.86. The van der Waals surface area contributed by atoms with E-state index < -0.39 is 46.9 Å². The van der Waals surface area contributed by atoms with Crippen molar-refractivity contribution in [2.75, 3.05) is 7.11 Å². The fraction of sp³-hybridized carbons (Fsp3) is 0.417. The number of carbonyl (C=O) groups excluding carboxylic acids is 1. The van der Waals surface area contributed by atoms with Crippen LogP contribution in [0.3, 0.4) is 0 Å². The Labute approximate surface area is 111 Å². The van der Waals surface area contributed by atoms with E-state index in [1.165, 1.54) is 0 Å². The molecule has 0 fully saturated rings. The van der Waals surface area contributed by atoms with Gasteiger partial charge in [0.1, 0.15) is 0 Å². The molecule has 0 heterocycles. The van der Waals surface area contributed by atoms with Gasteiger partial charge in [0.25, 0.3) is 0 Å². The Morgan fingerprint density at radius 3 is 2.30 bits per heavy atom. The summed E-state index contributed by atoms with van der Waals surface area (Å²) in [5.74, 6) is -4.80. The van der Waals surface area contributed by atoms with E-state index >= 15 is 0 Å². The number of hydrogen-bond acceptors (Lipinski definition) is 3. The molecule has 0 radical (unpaired) electrons. The number of alkyl halides is 3. The summed E-state index contributed by atoms with van der Waals surface area (Å²) in [7, 11) is 0.941. The Morgan fingerprint density at radius 2 is 1.85 bits per heavy atom. The standard InChI is InChI=1S/C12H11F5O3/c1-11(19,12(15,16)17)5-8(18)6-3-4-7(13)9(14)10(6)20-2/h3-4,19H,5H2,1-2H3. The lowest BCUT2D eigenvalue weighted by atomic mass is 9.94. The van der Waals surface area contributed by atoms with Crippen LogP contribution >= 0.6 is 0 Å². The smallest absolute Gasteiger partial charge is 0.417 e. The number of methoxy groups -OCH3 is 1. The van der Waals surface area contributed by atoms with Gasteiger partial charge in [0.15, 0.2) is 23.0 Å². The molecule has 1 N–H and O–H groups in total. The first-order chi connectivity index (χ1) is 9.01. The molecule has 0 bridgehead atoms. The van der Waals surface area contributed by atoms with Crippen molar-refractivity contribution in [2.45, 2.75) is 25.1 Å². The molecular formula is C12H11F5O3. The minimum atomic E-state index is -5.03. The van der Waals surface area contributed by atoms with E-state index in [2.05, 4.69) is 4.74 Å². The van der Waals surface area contributed by atoms with Gasteiger partial charge < -0.3 is 9.84 Å². The number of Topliss-reactive ketones (excluding diaryl/α,β-unsaturated/α-hetero) is 1. The quantitative estimate of drug-likeness (QED) is 0.687. The fourth-order valence-electron chi connectivity index (χ4n) is 1.46. The Balaban J connectivity index is 3.15. The number of carbonyl (C=O) groups is 1. The Kier molecular flexibility index (Phi) is 4.38. The topological polar surface area (TPSA) is 46.5 Å². The summed E-state index contributed by atoms with van der Waals surface area (Å²) in [5, 5.41) is 9.22. The van der Waals surface area contributed by atoms with Crippen LogP contribution in [0.5, 0.6) is 5.75 Å². The third kappa shape index (κ3) is 3.06. The zero-order valence-electron chi connectivity index (χ0n) is 10.5. The summed E-state index contributed by atoms with van der Waals surface area (Å²) in [5.41, 5.74) is -3.85. The van der Waals surface area contributed by atoms with Crippen molar-refractivity contribution in [1.29, 1.82) is 0 Å². The number of aliphatic hydroxyl groups is 1. The van der Waals surface area contributed by atoms with Crippen molar-refractivity contribution in [1.82, 2.24) is 0 Å². The zero-order chi connectivity index (χ0) is 15.7. The van der Waals surface area contributed by atoms with Gasteiger partial charge >= 0.3 is 6.18 Å². The van der Waals surface area contributed by atoms with Crippen LogP contribution in [0, 0.1) is 11.6 Å². The molecule has 3 nitrogen and oxygen atoms in total. The van der Waals surface area contributed by atoms with Gasteiger partial charge in [0, 0.05) is 6.42 Å². The molecule has 0 aliphatic rings. The molecule has 0 spiro atoms. The molecule has 1 aromatic rings. The lowest BCUT2D eigenvalue weighted by Crippen LogP contribution is -2.43. The minimum absolute atomic E-state index is 0.414. The van der Waals surface area contributed by atoms with Crippen LogP contribution in [-0.2, 0) is 0 Å². The number of ether oxygens (including phenoxy) is 1. The molecular weight excluding hydrogens is 287 g/mol. The second-order valence-corrected chi connectivity index (χ2v) is 4.31. The second kappa shape index (κ2) is 5.35. The van der Waals surface area contributed by atoms with E-state index in [4.69, 9.17) is 0 Å². The zero-order valence-corrected chi connectivity index (χ0v) is 10.5. The van der Waals surface area contributed by atoms with E-state index in [-0.39, 0.29) is 0 Å². The van der Waals surface area contributed by atoms with Crippen molar-refractivity contribution in [3.8, 4) is 5.75 Å². The summed E-state index contributed by atoms with van der Waals surface area (Å²) in [6.45, 7) is 0.414. The molecule has 1 aromatic carbocycles. The molecule has 0 amide bonds. The van der Waals surface area contributed by atoms with Crippen molar-refractivity contribution in [2.24, 2.45) is 0 Å². The van der Waals surface area contributed by atoms with Crippen molar-refractivity contribution in [3.05, 3.63) is 29.3 Å². The van der Waals surface area contributed by atoms with Crippen LogP contribution in [0.2, 0.25) is 0 Å². The maximum atomic E-state index is 13.4. The summed E-state index contributed by atoms with van der Waals surface area (Å²) in [6.07, 6.45) is -6.37. The van der Waals surface area contributed by atoms with Crippen molar-refractivity contribution < 1.29 is 36.6 Å². The third-order valence-electron chi connectivity index (χ3n) is 2.67. The molecule has 8 heteroatoms. The molecule has 0 aromatic heterocycles. The van der Waals surface area contributed by atoms with Crippen LogP contribution in [-0.4, -0.2) is 29.8 Å². The van der Waals surface area contributed by atoms with Gasteiger partial charge in [-0.05, 0) is 19.1 Å². The largest absolute Gasteiger partial charge is 0.493 e. The van der Waals surface area contributed by atoms with Gasteiger partial charge in [-0.1, -0.05) is 0 Å². The summed E-state index contributed by atoms with van der Waals surface area (Å²) in [6, 6.07) is 1.39. The van der Waals surface area contributed by atoms with Crippen LogP contribution in [0.25, 0.3) is 0 Å². The fourth-order valence-corrected chi connectivity index (χ4v) is 1.46. The first kappa shape index (κ1) is 16.4. The van der Waals surface area contributed by atoms with Crippen LogP contribution in [0.15, 0.2) is 12.1 Å². The Bertz CT molecular complexity index is 523. The van der Waals surface area contributed by atoms with Gasteiger partial charge in [-0.3, -0.25) is 4.79 Å². The highest BCUT2D eigenvalue weighted by atomic mass is 19.4. The molecule has 1 atom stereocenters. The predicted molar refractivity (Wildman–Crippen MR) is 58.5 cm³/mol. The van der Waals surface area contributed by atoms with Crippen LogP contribution in [0.4, 0.5) is 22.0 Å². The molecule has 0 saturated carbocycles. The average molecular weight is 298 g/mol. The van der Waals surface area contributed by atoms with Crippen molar-refractivity contribution >= 4 is 5.78 Å². The SMILES string of the molecule is COc1c(C(=O)CC(C)(O)C(F)(F)F)ccc(F)c1F. The number of rotatable bonds is 4. The molecule has 112 valence electrons. The van der Waals surface area contributed by atoms with Gasteiger partial charge in [0.2, 0.25) is 5.82 Å². The highest BCUT2D eigenvalue weighted by Gasteiger charge is 2.51. The molecule has 1 rings (SSSR count). The summed E-state index contributed by atoms with van der Waals surface area (Å²) in [4.78, 5) is 11.7. The van der Waals surface area contributed by atoms with Gasteiger partial charge in [0.05, 0.1) is 12.7 Å². The van der Waals surface area contributed by atoms with Gasteiger partial charge in [-0.25, -0.2) is 4.39 Å². The molecule has 20 heavy (non-hydrogen) atoms. The van der Waals surface area contributed by atoms with Gasteiger partial charge in [-0.2, -0.15) is 17.6 Å². The van der Waals surface area contributed by atoms with Crippen LogP contribution < -0.4 is 4.74 Å². The minimum Gasteiger partial charge on any atom is -0.493 e. The van der Waals surface area contributed by atoms with E-state index in [0.717, 1.165) is 13.2 Å². The first-order valence-corrected chi connectivity index (χ1v) is 5.35. The summed E-state index contributed by atoms with van der Waals surface area (Å²) < 4.78 is 68.2. The molecule has 0 aliphatic carbocycles. The Morgan fingerprint density at radius 1 is 1.30 bits per heavy atom. The van der Waals surface area contributed by atoms with E-state index in [1.807, 2.05) is 0 Å². The molecule has 0 aliphatic heterocycles. The maximum absolute atomic E-state index is 13.4. The van der Waals surface area contributed by atoms with E-state index in [0.29, 0.717) is 13.0 Å². The molecule has 1 unspecified atom stereocenters. The van der Waals surface area contributed by atoms with Crippen LogP contribution in [0.1, 0.15) is 23.7 Å². The normalized spacial score (nSPS) is 14.8. The van der Waals surface area contributed by atoms with E-state index in [9.17, 15) is 31.9 Å². The lowest BCUT2D eigenvalue weighted by Gasteiger charge is -2.25. The maximum Gasteiger partial charge on any atom is 0.417 e. The first-order valence-electron chi connectivity index (χ1n) is 5.35. The third-order valence-corrected chi connectivity index (χ3v) is 2.67. The van der Waals surface area contributed by atoms with Crippen molar-refractivity contribution in [3.63, 3.8) is 0 Å². The Hall–Kier alpha value is -1.70. The van der Waals surface area contributed by atoms with E-state index in [1.54, 1.807) is 0 Å².